The monoisotopic (exact) mass is 308 g/mol. The van der Waals surface area contributed by atoms with Gasteiger partial charge in [-0.1, -0.05) is 6.07 Å². The average molecular weight is 308 g/mol. The Labute approximate surface area is 120 Å². The lowest BCUT2D eigenvalue weighted by Crippen LogP contribution is -2.25. The van der Waals surface area contributed by atoms with Crippen LogP contribution in [0.5, 0.6) is 0 Å². The van der Waals surface area contributed by atoms with Gasteiger partial charge in [0.05, 0.1) is 22.8 Å². The second-order valence-electron chi connectivity index (χ2n) is 4.24. The molecule has 0 amide bonds. The van der Waals surface area contributed by atoms with E-state index in [1.165, 1.54) is 36.5 Å². The fourth-order valence-electron chi connectivity index (χ4n) is 1.70. The number of sulfone groups is 1. The standard InChI is InChI=1S/C13H12N2O5S/c16-12-5-2-6-14-15(12)7-8-21(19,20)11-4-1-3-10(9-11)13(17)18/h1-6,9H,7-8H2,(H,17,18). The summed E-state index contributed by atoms with van der Waals surface area (Å²) in [6.45, 7) is -0.0979. The highest BCUT2D eigenvalue weighted by molar-refractivity contribution is 7.91. The molecule has 0 unspecified atom stereocenters. The van der Waals surface area contributed by atoms with E-state index in [2.05, 4.69) is 5.10 Å². The maximum Gasteiger partial charge on any atom is 0.335 e. The Balaban J connectivity index is 2.23. The smallest absolute Gasteiger partial charge is 0.335 e. The number of hydrogen-bond donors (Lipinski definition) is 1. The summed E-state index contributed by atoms with van der Waals surface area (Å²) in [6, 6.07) is 7.84. The van der Waals surface area contributed by atoms with E-state index in [1.807, 2.05) is 0 Å². The Morgan fingerprint density at radius 2 is 2.00 bits per heavy atom. The molecule has 0 aliphatic heterocycles. The topological polar surface area (TPSA) is 106 Å². The van der Waals surface area contributed by atoms with E-state index >= 15 is 0 Å². The summed E-state index contributed by atoms with van der Waals surface area (Å²) in [6.07, 6.45) is 1.39. The highest BCUT2D eigenvalue weighted by Crippen LogP contribution is 2.13. The van der Waals surface area contributed by atoms with E-state index in [4.69, 9.17) is 5.11 Å². The van der Waals surface area contributed by atoms with Crippen molar-refractivity contribution in [3.05, 3.63) is 58.5 Å². The second kappa shape index (κ2) is 5.88. The van der Waals surface area contributed by atoms with Crippen LogP contribution in [0, 0.1) is 0 Å². The van der Waals surface area contributed by atoms with Gasteiger partial charge in [-0.3, -0.25) is 4.79 Å². The highest BCUT2D eigenvalue weighted by atomic mass is 32.2. The van der Waals surface area contributed by atoms with E-state index in [0.29, 0.717) is 0 Å². The van der Waals surface area contributed by atoms with E-state index in [9.17, 15) is 18.0 Å². The first-order valence-corrected chi connectivity index (χ1v) is 7.63. The first kappa shape index (κ1) is 14.9. The number of nitrogens with zero attached hydrogens (tertiary/aromatic N) is 2. The maximum absolute atomic E-state index is 12.2. The summed E-state index contributed by atoms with van der Waals surface area (Å²) in [5.41, 5.74) is -0.502. The van der Waals surface area contributed by atoms with Crippen molar-refractivity contribution in [1.29, 1.82) is 0 Å². The molecule has 0 aliphatic rings. The molecule has 0 bridgehead atoms. The molecule has 0 atom stereocenters. The normalized spacial score (nSPS) is 11.2. The lowest BCUT2D eigenvalue weighted by molar-refractivity contribution is 0.0696. The molecule has 8 heteroatoms. The van der Waals surface area contributed by atoms with Crippen LogP contribution in [0.4, 0.5) is 0 Å². The zero-order valence-electron chi connectivity index (χ0n) is 10.8. The molecule has 0 aliphatic carbocycles. The summed E-state index contributed by atoms with van der Waals surface area (Å²) in [5, 5.41) is 12.6. The predicted molar refractivity (Wildman–Crippen MR) is 74.0 cm³/mol. The van der Waals surface area contributed by atoms with Gasteiger partial charge in [-0.25, -0.2) is 17.9 Å². The molecular weight excluding hydrogens is 296 g/mol. The third-order valence-electron chi connectivity index (χ3n) is 2.80. The van der Waals surface area contributed by atoms with Crippen LogP contribution in [0.15, 0.2) is 52.3 Å². The second-order valence-corrected chi connectivity index (χ2v) is 6.35. The van der Waals surface area contributed by atoms with Crippen molar-refractivity contribution in [2.45, 2.75) is 11.4 Å². The van der Waals surface area contributed by atoms with Gasteiger partial charge in [-0.15, -0.1) is 0 Å². The number of aromatic nitrogens is 2. The summed E-state index contributed by atoms with van der Waals surface area (Å²) >= 11 is 0. The average Bonchev–Trinajstić information content (AvgIpc) is 2.46. The first-order chi connectivity index (χ1) is 9.90. The van der Waals surface area contributed by atoms with Gasteiger partial charge in [0.2, 0.25) is 0 Å². The molecule has 0 fully saturated rings. The number of aryl methyl sites for hydroxylation is 1. The molecule has 0 spiro atoms. The van der Waals surface area contributed by atoms with E-state index < -0.39 is 21.4 Å². The van der Waals surface area contributed by atoms with Crippen molar-refractivity contribution in [3.63, 3.8) is 0 Å². The molecule has 1 aromatic heterocycles. The van der Waals surface area contributed by atoms with Gasteiger partial charge in [0.25, 0.3) is 5.56 Å². The van der Waals surface area contributed by atoms with Gasteiger partial charge in [-0.2, -0.15) is 5.10 Å². The molecule has 1 N–H and O–H groups in total. The minimum absolute atomic E-state index is 0.0913. The Kier molecular flexibility index (Phi) is 4.18. The van der Waals surface area contributed by atoms with E-state index in [-0.39, 0.29) is 22.8 Å². The Morgan fingerprint density at radius 1 is 1.24 bits per heavy atom. The summed E-state index contributed by atoms with van der Waals surface area (Å²) < 4.78 is 25.4. The number of aromatic carboxylic acids is 1. The largest absolute Gasteiger partial charge is 0.478 e. The fraction of sp³-hybridized carbons (Fsp3) is 0.154. The van der Waals surface area contributed by atoms with Crippen LogP contribution in [0.1, 0.15) is 10.4 Å². The van der Waals surface area contributed by atoms with Gasteiger partial charge < -0.3 is 5.11 Å². The Hall–Kier alpha value is -2.48. The minimum Gasteiger partial charge on any atom is -0.478 e. The van der Waals surface area contributed by atoms with Crippen LogP contribution in [0.25, 0.3) is 0 Å². The SMILES string of the molecule is O=C(O)c1cccc(S(=O)(=O)CCn2ncccc2=O)c1. The van der Waals surface area contributed by atoms with Gasteiger partial charge in [0.15, 0.2) is 9.84 Å². The quantitative estimate of drug-likeness (QED) is 0.857. The number of carboxylic acids is 1. The van der Waals surface area contributed by atoms with E-state index in [1.54, 1.807) is 0 Å². The summed E-state index contributed by atoms with van der Waals surface area (Å²) in [5.74, 6) is -1.54. The van der Waals surface area contributed by atoms with Gasteiger partial charge in [0.1, 0.15) is 0 Å². The summed E-state index contributed by atoms with van der Waals surface area (Å²) in [4.78, 5) is 22.2. The lowest BCUT2D eigenvalue weighted by Gasteiger charge is -2.06. The first-order valence-electron chi connectivity index (χ1n) is 5.98. The number of carboxylic acid groups (broad SMARTS) is 1. The van der Waals surface area contributed by atoms with Gasteiger partial charge in [0, 0.05) is 12.3 Å². The van der Waals surface area contributed by atoms with Gasteiger partial charge in [-0.05, 0) is 24.3 Å². The van der Waals surface area contributed by atoms with Crippen LogP contribution in [0.3, 0.4) is 0 Å². The molecule has 0 saturated heterocycles. The lowest BCUT2D eigenvalue weighted by atomic mass is 10.2. The number of benzene rings is 1. The molecule has 2 aromatic rings. The van der Waals surface area contributed by atoms with Crippen LogP contribution in [-0.4, -0.2) is 35.0 Å². The van der Waals surface area contributed by atoms with Crippen LogP contribution in [0.2, 0.25) is 0 Å². The molecule has 1 aromatic carbocycles. The van der Waals surface area contributed by atoms with E-state index in [0.717, 1.165) is 10.7 Å². The van der Waals surface area contributed by atoms with Crippen molar-refractivity contribution in [1.82, 2.24) is 9.78 Å². The molecule has 1 heterocycles. The van der Waals surface area contributed by atoms with Gasteiger partial charge >= 0.3 is 5.97 Å². The third-order valence-corrected chi connectivity index (χ3v) is 4.49. The van der Waals surface area contributed by atoms with Crippen molar-refractivity contribution in [2.75, 3.05) is 5.75 Å². The molecular formula is C13H12N2O5S. The van der Waals surface area contributed by atoms with Crippen LogP contribution < -0.4 is 5.56 Å². The Morgan fingerprint density at radius 3 is 2.67 bits per heavy atom. The van der Waals surface area contributed by atoms with Crippen LogP contribution >= 0.6 is 0 Å². The predicted octanol–water partition coefficient (Wildman–Crippen LogP) is 0.415. The fourth-order valence-corrected chi connectivity index (χ4v) is 2.94. The summed E-state index contributed by atoms with van der Waals surface area (Å²) in [7, 11) is -3.69. The Bertz CT molecular complexity index is 826. The van der Waals surface area contributed by atoms with Crippen LogP contribution in [-0.2, 0) is 16.4 Å². The van der Waals surface area contributed by atoms with Crippen molar-refractivity contribution in [3.8, 4) is 0 Å². The maximum atomic E-state index is 12.2. The third kappa shape index (κ3) is 3.54. The molecule has 0 radical (unpaired) electrons. The molecule has 7 nitrogen and oxygen atoms in total. The zero-order valence-corrected chi connectivity index (χ0v) is 11.7. The zero-order chi connectivity index (χ0) is 15.5. The highest BCUT2D eigenvalue weighted by Gasteiger charge is 2.16. The molecule has 2 rings (SSSR count). The molecule has 21 heavy (non-hydrogen) atoms. The minimum atomic E-state index is -3.69. The number of hydrogen-bond acceptors (Lipinski definition) is 5. The molecule has 110 valence electrons. The number of carbonyl (C=O) groups is 1. The molecule has 0 saturated carbocycles. The van der Waals surface area contributed by atoms with Crippen molar-refractivity contribution in [2.24, 2.45) is 0 Å². The number of rotatable bonds is 5. The van der Waals surface area contributed by atoms with Crippen molar-refractivity contribution >= 4 is 15.8 Å². The van der Waals surface area contributed by atoms with Crippen molar-refractivity contribution < 1.29 is 18.3 Å².